The summed E-state index contributed by atoms with van der Waals surface area (Å²) in [6, 6.07) is 95.4. The van der Waals surface area contributed by atoms with Gasteiger partial charge in [0, 0.05) is 64.6 Å². The smallest absolute Gasteiger partial charge is 0.179 e. The molecule has 0 N–H and O–H groups in total. The molecule has 19 rings (SSSR count). The molecule has 85 heavy (non-hydrogen) atoms. The predicted octanol–water partition coefficient (Wildman–Crippen LogP) is 19.5. The molecule has 0 aliphatic carbocycles. The normalized spacial score (nSPS) is 12.5. The number of hydrogen-bond acceptors (Lipinski definition) is 6. The van der Waals surface area contributed by atoms with Gasteiger partial charge in [0.2, 0.25) is 0 Å². The third-order valence-corrected chi connectivity index (χ3v) is 22.7. The van der Waals surface area contributed by atoms with E-state index in [0.717, 1.165) is 165 Å². The molecular formula is C78H44O6Si. The molecule has 396 valence electrons. The van der Waals surface area contributed by atoms with E-state index in [1.165, 1.54) is 20.7 Å². The quantitative estimate of drug-likeness (QED) is 0.117. The third-order valence-electron chi connectivity index (χ3n) is 18.0. The van der Waals surface area contributed by atoms with Crippen LogP contribution in [0.15, 0.2) is 293 Å². The summed E-state index contributed by atoms with van der Waals surface area (Å²) in [5.41, 5.74) is 16.7. The molecule has 19 aromatic rings. The Morgan fingerprint density at radius 3 is 0.647 bits per heavy atom. The van der Waals surface area contributed by atoms with Crippen LogP contribution in [0.2, 0.25) is 0 Å². The summed E-state index contributed by atoms with van der Waals surface area (Å²) in [4.78, 5) is 0. The van der Waals surface area contributed by atoms with Crippen molar-refractivity contribution in [2.45, 2.75) is 0 Å². The summed E-state index contributed by atoms with van der Waals surface area (Å²) in [5.74, 6) is 0. The first-order valence-electron chi connectivity index (χ1n) is 28.7. The molecule has 13 aromatic carbocycles. The molecule has 0 aliphatic rings. The first-order valence-corrected chi connectivity index (χ1v) is 30.7. The van der Waals surface area contributed by atoms with Crippen LogP contribution >= 0.6 is 0 Å². The fourth-order valence-corrected chi connectivity index (χ4v) is 18.7. The molecule has 0 spiro atoms. The van der Waals surface area contributed by atoms with Gasteiger partial charge in [-0.25, -0.2) is 0 Å². The van der Waals surface area contributed by atoms with Gasteiger partial charge in [0.25, 0.3) is 0 Å². The molecular weight excluding hydrogens is 1060 g/mol. The van der Waals surface area contributed by atoms with Gasteiger partial charge in [0.05, 0.1) is 0 Å². The first kappa shape index (κ1) is 46.5. The fraction of sp³-hybridized carbons (Fsp3) is 0. The zero-order chi connectivity index (χ0) is 55.5. The minimum absolute atomic E-state index is 0.804. The molecule has 6 heterocycles. The fourth-order valence-electron chi connectivity index (χ4n) is 14.0. The number of rotatable bonds is 7. The van der Waals surface area contributed by atoms with Crippen molar-refractivity contribution >= 4 is 160 Å². The van der Waals surface area contributed by atoms with Crippen LogP contribution in [0.25, 0.3) is 165 Å². The van der Waals surface area contributed by atoms with Crippen LogP contribution in [0.4, 0.5) is 0 Å². The van der Waals surface area contributed by atoms with Crippen LogP contribution in [0.1, 0.15) is 0 Å². The maximum Gasteiger partial charge on any atom is 0.179 e. The average Bonchev–Trinajstić information content (AvgIpc) is 1.98. The van der Waals surface area contributed by atoms with Gasteiger partial charge < -0.3 is 26.5 Å². The second-order valence-corrected chi connectivity index (χ2v) is 26.4. The van der Waals surface area contributed by atoms with Crippen molar-refractivity contribution in [3.63, 3.8) is 0 Å². The lowest BCUT2D eigenvalue weighted by atomic mass is 10.0. The summed E-state index contributed by atoms with van der Waals surface area (Å²) < 4.78 is 40.7. The molecule has 0 radical (unpaired) electrons. The van der Waals surface area contributed by atoms with Gasteiger partial charge in [0.1, 0.15) is 67.0 Å². The number of fused-ring (bicyclic) bond motifs is 18. The molecule has 6 nitrogen and oxygen atoms in total. The van der Waals surface area contributed by atoms with Crippen LogP contribution in [0.3, 0.4) is 0 Å². The average molecular weight is 1110 g/mol. The van der Waals surface area contributed by atoms with Crippen LogP contribution in [0, 0.1) is 0 Å². The lowest BCUT2D eigenvalue weighted by Crippen LogP contribution is -2.74. The van der Waals surface area contributed by atoms with E-state index in [1.807, 2.05) is 18.2 Å². The van der Waals surface area contributed by atoms with Crippen LogP contribution in [-0.4, -0.2) is 8.07 Å². The maximum atomic E-state index is 6.87. The van der Waals surface area contributed by atoms with Crippen LogP contribution in [-0.2, 0) is 0 Å². The molecule has 0 aliphatic heterocycles. The lowest BCUT2D eigenvalue weighted by Gasteiger charge is -2.34. The third kappa shape index (κ3) is 6.87. The summed E-state index contributed by atoms with van der Waals surface area (Å²) in [5, 5.41) is 17.0. The second kappa shape index (κ2) is 17.5. The molecule has 0 bridgehead atoms. The predicted molar refractivity (Wildman–Crippen MR) is 350 cm³/mol. The van der Waals surface area contributed by atoms with Crippen molar-refractivity contribution < 1.29 is 26.5 Å². The molecule has 0 fully saturated rings. The highest BCUT2D eigenvalue weighted by Gasteiger charge is 2.43. The number of furan rings is 6. The molecule has 7 heteroatoms. The minimum Gasteiger partial charge on any atom is -0.456 e. The molecule has 0 saturated heterocycles. The van der Waals surface area contributed by atoms with E-state index in [-0.39, 0.29) is 0 Å². The monoisotopic (exact) mass is 1100 g/mol. The minimum atomic E-state index is -3.39. The Bertz CT molecular complexity index is 5410. The largest absolute Gasteiger partial charge is 0.456 e. The Morgan fingerprint density at radius 2 is 0.376 bits per heavy atom. The topological polar surface area (TPSA) is 78.8 Å². The molecule has 0 unspecified atom stereocenters. The van der Waals surface area contributed by atoms with E-state index >= 15 is 0 Å². The zero-order valence-electron chi connectivity index (χ0n) is 45.4. The Kier molecular flexibility index (Phi) is 9.54. The van der Waals surface area contributed by atoms with Crippen molar-refractivity contribution in [3.8, 4) is 33.4 Å². The number of hydrogen-bond donors (Lipinski definition) is 0. The highest BCUT2D eigenvalue weighted by molar-refractivity contribution is 7.20. The molecule has 6 aromatic heterocycles. The van der Waals surface area contributed by atoms with Crippen molar-refractivity contribution in [2.75, 3.05) is 0 Å². The van der Waals surface area contributed by atoms with Gasteiger partial charge in [-0.15, -0.1) is 0 Å². The summed E-state index contributed by atoms with van der Waals surface area (Å²) in [6.07, 6.45) is 0. The van der Waals surface area contributed by atoms with Crippen molar-refractivity contribution in [1.29, 1.82) is 0 Å². The van der Waals surface area contributed by atoms with Crippen molar-refractivity contribution in [3.05, 3.63) is 267 Å². The van der Waals surface area contributed by atoms with E-state index in [0.29, 0.717) is 0 Å². The van der Waals surface area contributed by atoms with Crippen LogP contribution in [0.5, 0.6) is 0 Å². The standard InChI is InChI=1S/C78H44O6Si/c1-5-13-45(14-6-1)48-21-27-67-55(33-48)61-39-76-64(42-73(61)79-67)58-36-52(24-30-70(58)82-76)85(51-19-11-4-12-20-51,53-25-31-71-59(37-53)65-43-74-62(40-77(65)83-71)56-34-49(22-28-68(56)80-74)46-15-7-2-8-16-46)54-26-32-72-60(38-54)66-44-75-63(41-78(66)84-72)57-35-50(23-29-69(57)81-75)47-17-9-3-10-18-47/h1-44H. The molecule has 0 saturated carbocycles. The van der Waals surface area contributed by atoms with Gasteiger partial charge >= 0.3 is 0 Å². The highest BCUT2D eigenvalue weighted by atomic mass is 28.3. The lowest BCUT2D eigenvalue weighted by molar-refractivity contribution is 0.664. The van der Waals surface area contributed by atoms with E-state index < -0.39 is 8.07 Å². The van der Waals surface area contributed by atoms with Crippen molar-refractivity contribution in [1.82, 2.24) is 0 Å². The Labute approximate surface area is 484 Å². The highest BCUT2D eigenvalue weighted by Crippen LogP contribution is 2.42. The molecule has 0 atom stereocenters. The summed E-state index contributed by atoms with van der Waals surface area (Å²) in [7, 11) is -3.39. The van der Waals surface area contributed by atoms with E-state index in [9.17, 15) is 0 Å². The zero-order valence-corrected chi connectivity index (χ0v) is 46.4. The van der Waals surface area contributed by atoms with E-state index in [2.05, 4.69) is 249 Å². The first-order chi connectivity index (χ1) is 42.0. The van der Waals surface area contributed by atoms with E-state index in [4.69, 9.17) is 26.5 Å². The molecule has 0 amide bonds. The van der Waals surface area contributed by atoms with Gasteiger partial charge in [-0.1, -0.05) is 176 Å². The van der Waals surface area contributed by atoms with Gasteiger partial charge in [-0.05, 0) is 145 Å². The van der Waals surface area contributed by atoms with E-state index in [1.54, 1.807) is 0 Å². The second-order valence-electron chi connectivity index (χ2n) is 22.6. The Morgan fingerprint density at radius 1 is 0.153 bits per heavy atom. The maximum absolute atomic E-state index is 6.87. The van der Waals surface area contributed by atoms with Crippen molar-refractivity contribution in [2.24, 2.45) is 0 Å². The SMILES string of the molecule is c1ccc(-c2ccc3oc4cc5c(cc4c3c2)oc2ccc([Si](c3ccccc3)(c3ccc4oc6cc7c(cc6c4c3)oc3ccc(-c4ccccc4)cc37)c3ccc4oc6cc7c(cc6c4c3)oc3ccc(-c4ccccc4)cc37)cc25)cc1. The Balaban J connectivity index is 0.844. The van der Waals surface area contributed by atoms with Gasteiger partial charge in [0.15, 0.2) is 8.07 Å². The van der Waals surface area contributed by atoms with Gasteiger partial charge in [-0.2, -0.15) is 0 Å². The van der Waals surface area contributed by atoms with Gasteiger partial charge in [-0.3, -0.25) is 0 Å². The number of benzene rings is 13. The van der Waals surface area contributed by atoms with Crippen LogP contribution < -0.4 is 20.7 Å². The summed E-state index contributed by atoms with van der Waals surface area (Å²) >= 11 is 0. The Hall–Kier alpha value is -11.1. The summed E-state index contributed by atoms with van der Waals surface area (Å²) in [6.45, 7) is 0.